The van der Waals surface area contributed by atoms with Gasteiger partial charge in [-0.2, -0.15) is 0 Å². The van der Waals surface area contributed by atoms with E-state index in [4.69, 9.17) is 23.2 Å². The van der Waals surface area contributed by atoms with Gasteiger partial charge in [0.05, 0.1) is 22.0 Å². The van der Waals surface area contributed by atoms with Gasteiger partial charge in [0.2, 0.25) is 21.8 Å². The first kappa shape index (κ1) is 31.2. The molecule has 2 amide bonds. The summed E-state index contributed by atoms with van der Waals surface area (Å²) in [6.45, 7) is 6.06. The zero-order chi connectivity index (χ0) is 28.7. The second kappa shape index (κ2) is 13.9. The normalized spacial score (nSPS) is 14.7. The lowest BCUT2D eigenvalue weighted by atomic mass is 10.1. The summed E-state index contributed by atoms with van der Waals surface area (Å²) < 4.78 is 26.7. The van der Waals surface area contributed by atoms with Crippen LogP contribution in [0, 0.1) is 13.8 Å². The number of benzene rings is 2. The van der Waals surface area contributed by atoms with E-state index in [0.717, 1.165) is 42.4 Å². The Kier molecular flexibility index (Phi) is 11.1. The van der Waals surface area contributed by atoms with Crippen LogP contribution in [0.5, 0.6) is 0 Å². The van der Waals surface area contributed by atoms with Crippen molar-refractivity contribution in [3.8, 4) is 0 Å². The summed E-state index contributed by atoms with van der Waals surface area (Å²) in [4.78, 5) is 28.6. The van der Waals surface area contributed by atoms with Gasteiger partial charge < -0.3 is 10.2 Å². The van der Waals surface area contributed by atoms with Crippen molar-refractivity contribution in [1.82, 2.24) is 10.2 Å². The first-order chi connectivity index (χ1) is 18.4. The Morgan fingerprint density at radius 3 is 2.38 bits per heavy atom. The number of sulfonamides is 1. The maximum absolute atomic E-state index is 13.6. The molecule has 1 aliphatic rings. The van der Waals surface area contributed by atoms with Crippen LogP contribution in [0.15, 0.2) is 36.4 Å². The van der Waals surface area contributed by atoms with Crippen LogP contribution in [-0.2, 0) is 26.2 Å². The predicted molar refractivity (Wildman–Crippen MR) is 159 cm³/mol. The van der Waals surface area contributed by atoms with Crippen LogP contribution in [0.2, 0.25) is 10.0 Å². The van der Waals surface area contributed by atoms with Crippen LogP contribution in [0.3, 0.4) is 0 Å². The number of nitrogens with zero attached hydrogens (tertiary/aromatic N) is 2. The van der Waals surface area contributed by atoms with E-state index in [-0.39, 0.29) is 37.4 Å². The molecule has 0 saturated heterocycles. The van der Waals surface area contributed by atoms with Crippen molar-refractivity contribution >= 4 is 50.7 Å². The van der Waals surface area contributed by atoms with Crippen molar-refractivity contribution in [2.45, 2.75) is 84.3 Å². The van der Waals surface area contributed by atoms with Crippen LogP contribution in [-0.4, -0.2) is 50.0 Å². The Bertz CT molecular complexity index is 1280. The third-order valence-electron chi connectivity index (χ3n) is 7.42. The Morgan fingerprint density at radius 1 is 1.08 bits per heavy atom. The molecule has 0 heterocycles. The lowest BCUT2D eigenvalue weighted by Gasteiger charge is -2.32. The summed E-state index contributed by atoms with van der Waals surface area (Å²) in [5, 5.41) is 3.92. The van der Waals surface area contributed by atoms with Crippen molar-refractivity contribution in [2.75, 3.05) is 17.1 Å². The highest BCUT2D eigenvalue weighted by molar-refractivity contribution is 7.92. The molecule has 1 N–H and O–H groups in total. The van der Waals surface area contributed by atoms with E-state index in [2.05, 4.69) is 5.32 Å². The summed E-state index contributed by atoms with van der Waals surface area (Å²) in [5.41, 5.74) is 3.24. The molecule has 0 aromatic heterocycles. The lowest BCUT2D eigenvalue weighted by Crippen LogP contribution is -2.51. The highest BCUT2D eigenvalue weighted by atomic mass is 35.5. The number of carbonyl (C=O) groups is 2. The van der Waals surface area contributed by atoms with E-state index in [0.29, 0.717) is 28.6 Å². The molecule has 0 radical (unpaired) electrons. The number of rotatable bonds is 12. The molecule has 1 fully saturated rings. The minimum Gasteiger partial charge on any atom is -0.352 e. The molecular formula is C29H39Cl2N3O4S. The molecule has 7 nitrogen and oxygen atoms in total. The third-order valence-corrected chi connectivity index (χ3v) is 9.34. The topological polar surface area (TPSA) is 86.8 Å². The number of halogens is 2. The van der Waals surface area contributed by atoms with Crippen molar-refractivity contribution in [2.24, 2.45) is 0 Å². The fourth-order valence-corrected chi connectivity index (χ4v) is 6.45. The standard InChI is InChI=1S/C29H39Cl2N3O4S/c1-5-26(29(36)32-23-11-6-7-12-23)33(19-22-15-16-24(30)25(31)18-22)28(35)14-9-17-34(39(4,37)38)27-13-8-10-20(2)21(27)3/h8,10,13,15-16,18,23,26H,5-7,9,11-12,14,17,19H2,1-4H3,(H,32,36). The van der Waals surface area contributed by atoms with Crippen molar-refractivity contribution in [3.05, 3.63) is 63.1 Å². The van der Waals surface area contributed by atoms with Crippen LogP contribution in [0.25, 0.3) is 0 Å². The smallest absolute Gasteiger partial charge is 0.243 e. The van der Waals surface area contributed by atoms with E-state index in [9.17, 15) is 18.0 Å². The largest absolute Gasteiger partial charge is 0.352 e. The van der Waals surface area contributed by atoms with Gasteiger partial charge in [0.25, 0.3) is 0 Å². The maximum Gasteiger partial charge on any atom is 0.243 e. The summed E-state index contributed by atoms with van der Waals surface area (Å²) in [7, 11) is -3.56. The minimum absolute atomic E-state index is 0.0887. The number of hydrogen-bond donors (Lipinski definition) is 1. The highest BCUT2D eigenvalue weighted by Gasteiger charge is 2.31. The molecule has 0 aliphatic heterocycles. The van der Waals surface area contributed by atoms with Crippen LogP contribution in [0.4, 0.5) is 5.69 Å². The molecule has 2 aromatic rings. The van der Waals surface area contributed by atoms with E-state index in [1.165, 1.54) is 10.6 Å². The summed E-state index contributed by atoms with van der Waals surface area (Å²) in [6.07, 6.45) is 6.08. The van der Waals surface area contributed by atoms with Gasteiger partial charge in [0.1, 0.15) is 6.04 Å². The number of carbonyl (C=O) groups excluding carboxylic acids is 2. The van der Waals surface area contributed by atoms with Crippen LogP contribution in [0.1, 0.15) is 68.6 Å². The average Bonchev–Trinajstić information content (AvgIpc) is 3.38. The van der Waals surface area contributed by atoms with Gasteiger partial charge in [0.15, 0.2) is 0 Å². The molecule has 1 aliphatic carbocycles. The number of anilines is 1. The van der Waals surface area contributed by atoms with Crippen molar-refractivity contribution in [1.29, 1.82) is 0 Å². The second-order valence-electron chi connectivity index (χ2n) is 10.3. The summed E-state index contributed by atoms with van der Waals surface area (Å²) in [5.74, 6) is -0.380. The Morgan fingerprint density at radius 2 is 1.77 bits per heavy atom. The number of aryl methyl sites for hydroxylation is 1. The Balaban J connectivity index is 1.80. The summed E-state index contributed by atoms with van der Waals surface area (Å²) in [6, 6.07) is 10.2. The molecule has 1 saturated carbocycles. The second-order valence-corrected chi connectivity index (χ2v) is 13.1. The van der Waals surface area contributed by atoms with Gasteiger partial charge in [-0.05, 0) is 74.4 Å². The maximum atomic E-state index is 13.6. The first-order valence-corrected chi connectivity index (χ1v) is 16.1. The Hall–Kier alpha value is -2.29. The number of hydrogen-bond acceptors (Lipinski definition) is 4. The first-order valence-electron chi connectivity index (χ1n) is 13.5. The van der Waals surface area contributed by atoms with E-state index in [1.807, 2.05) is 32.9 Å². The Labute approximate surface area is 242 Å². The van der Waals surface area contributed by atoms with Gasteiger partial charge in [-0.15, -0.1) is 0 Å². The van der Waals surface area contributed by atoms with Crippen LogP contribution < -0.4 is 9.62 Å². The molecular weight excluding hydrogens is 557 g/mol. The molecule has 1 unspecified atom stereocenters. The van der Waals surface area contributed by atoms with Crippen molar-refractivity contribution in [3.63, 3.8) is 0 Å². The number of nitrogens with one attached hydrogen (secondary N) is 1. The fraction of sp³-hybridized carbons (Fsp3) is 0.517. The molecule has 10 heteroatoms. The minimum atomic E-state index is -3.56. The quantitative estimate of drug-likeness (QED) is 0.325. The molecule has 2 aromatic carbocycles. The third kappa shape index (κ3) is 8.35. The van der Waals surface area contributed by atoms with E-state index >= 15 is 0 Å². The predicted octanol–water partition coefficient (Wildman–Crippen LogP) is 6.02. The average molecular weight is 597 g/mol. The zero-order valence-corrected chi connectivity index (χ0v) is 25.5. The van der Waals surface area contributed by atoms with Crippen molar-refractivity contribution < 1.29 is 18.0 Å². The monoisotopic (exact) mass is 595 g/mol. The molecule has 214 valence electrons. The summed E-state index contributed by atoms with van der Waals surface area (Å²) >= 11 is 12.3. The van der Waals surface area contributed by atoms with Crippen LogP contribution >= 0.6 is 23.2 Å². The molecule has 0 bridgehead atoms. The van der Waals surface area contributed by atoms with Gasteiger partial charge in [0, 0.05) is 25.6 Å². The fourth-order valence-electron chi connectivity index (χ4n) is 5.11. The molecule has 0 spiro atoms. The number of amides is 2. The SMILES string of the molecule is CCC(C(=O)NC1CCCC1)N(Cc1ccc(Cl)c(Cl)c1)C(=O)CCCN(c1cccc(C)c1C)S(C)(=O)=O. The molecule has 1 atom stereocenters. The zero-order valence-electron chi connectivity index (χ0n) is 23.2. The lowest BCUT2D eigenvalue weighted by molar-refractivity contribution is -0.141. The van der Waals surface area contributed by atoms with Gasteiger partial charge in [-0.25, -0.2) is 8.42 Å². The highest BCUT2D eigenvalue weighted by Crippen LogP contribution is 2.27. The van der Waals surface area contributed by atoms with E-state index < -0.39 is 16.1 Å². The van der Waals surface area contributed by atoms with Gasteiger partial charge >= 0.3 is 0 Å². The molecule has 39 heavy (non-hydrogen) atoms. The van der Waals surface area contributed by atoms with E-state index in [1.54, 1.807) is 29.2 Å². The van der Waals surface area contributed by atoms with Gasteiger partial charge in [-0.1, -0.05) is 61.2 Å². The van der Waals surface area contributed by atoms with Gasteiger partial charge in [-0.3, -0.25) is 13.9 Å². The molecule has 3 rings (SSSR count).